The minimum absolute atomic E-state index is 0.0825. The van der Waals surface area contributed by atoms with Crippen molar-refractivity contribution < 1.29 is 19.0 Å². The molecule has 0 aromatic heterocycles. The third-order valence-corrected chi connectivity index (χ3v) is 3.01. The number of halogens is 1. The van der Waals surface area contributed by atoms with Crippen LogP contribution in [0.5, 0.6) is 11.5 Å². The van der Waals surface area contributed by atoms with Gasteiger partial charge in [-0.25, -0.2) is 4.39 Å². The maximum Gasteiger partial charge on any atom is 0.251 e. The second kappa shape index (κ2) is 6.13. The molecule has 21 heavy (non-hydrogen) atoms. The first-order valence-corrected chi connectivity index (χ1v) is 6.20. The minimum Gasteiger partial charge on any atom is -0.507 e. The van der Waals surface area contributed by atoms with Crippen LogP contribution in [0.25, 0.3) is 0 Å². The van der Waals surface area contributed by atoms with Gasteiger partial charge in [-0.3, -0.25) is 4.79 Å². The maximum absolute atomic E-state index is 13.3. The molecule has 2 rings (SSSR count). The molecule has 0 aliphatic heterocycles. The van der Waals surface area contributed by atoms with Crippen LogP contribution in [-0.2, 0) is 6.54 Å². The molecule has 0 aliphatic carbocycles. The van der Waals surface area contributed by atoms with E-state index in [0.29, 0.717) is 23.5 Å². The second-order valence-electron chi connectivity index (χ2n) is 4.41. The van der Waals surface area contributed by atoms with Gasteiger partial charge in [-0.2, -0.15) is 0 Å². The largest absolute Gasteiger partial charge is 0.507 e. The van der Waals surface area contributed by atoms with Gasteiger partial charge in [-0.05, 0) is 30.3 Å². The van der Waals surface area contributed by atoms with Gasteiger partial charge in [-0.15, -0.1) is 0 Å². The maximum atomic E-state index is 13.3. The minimum atomic E-state index is -0.830. The highest BCUT2D eigenvalue weighted by atomic mass is 19.1. The van der Waals surface area contributed by atoms with Crippen molar-refractivity contribution in [2.24, 2.45) is 5.73 Å². The Morgan fingerprint density at radius 3 is 2.71 bits per heavy atom. The summed E-state index contributed by atoms with van der Waals surface area (Å²) in [4.78, 5) is 11.1. The zero-order valence-electron chi connectivity index (χ0n) is 11.4. The highest BCUT2D eigenvalue weighted by Gasteiger charge is 2.09. The number of nitrogens with one attached hydrogen (secondary N) is 1. The summed E-state index contributed by atoms with van der Waals surface area (Å²) >= 11 is 0. The number of ether oxygens (including phenoxy) is 1. The van der Waals surface area contributed by atoms with Crippen LogP contribution < -0.4 is 15.8 Å². The van der Waals surface area contributed by atoms with E-state index < -0.39 is 11.7 Å². The quantitative estimate of drug-likeness (QED) is 0.788. The Labute approximate surface area is 121 Å². The zero-order valence-corrected chi connectivity index (χ0v) is 11.4. The monoisotopic (exact) mass is 290 g/mol. The molecule has 0 fully saturated rings. The van der Waals surface area contributed by atoms with Gasteiger partial charge in [0.15, 0.2) is 0 Å². The van der Waals surface area contributed by atoms with Crippen LogP contribution in [0.15, 0.2) is 36.4 Å². The van der Waals surface area contributed by atoms with E-state index in [1.165, 1.54) is 25.3 Å². The fraction of sp³-hybridized carbons (Fsp3) is 0.133. The van der Waals surface area contributed by atoms with Gasteiger partial charge in [0.2, 0.25) is 0 Å². The number of phenolic OH excluding ortho intramolecular Hbond substituents is 1. The average Bonchev–Trinajstić information content (AvgIpc) is 2.47. The van der Waals surface area contributed by atoms with Crippen LogP contribution in [0.2, 0.25) is 0 Å². The molecule has 2 aromatic carbocycles. The van der Waals surface area contributed by atoms with E-state index in [9.17, 15) is 14.3 Å². The van der Waals surface area contributed by atoms with Crippen molar-refractivity contribution in [3.05, 3.63) is 53.3 Å². The van der Waals surface area contributed by atoms with E-state index in [0.717, 1.165) is 6.07 Å². The Morgan fingerprint density at radius 2 is 2.10 bits per heavy atom. The van der Waals surface area contributed by atoms with Crippen molar-refractivity contribution in [2.45, 2.75) is 6.54 Å². The molecular weight excluding hydrogens is 275 g/mol. The van der Waals surface area contributed by atoms with Crippen molar-refractivity contribution in [1.82, 2.24) is 0 Å². The number of aromatic hydroxyl groups is 1. The lowest BCUT2D eigenvalue weighted by atomic mass is 10.1. The molecule has 0 saturated carbocycles. The lowest BCUT2D eigenvalue weighted by molar-refractivity contribution is 0.0996. The van der Waals surface area contributed by atoms with Crippen molar-refractivity contribution >= 4 is 11.6 Å². The number of carbonyl (C=O) groups excluding carboxylic acids is 1. The lowest BCUT2D eigenvalue weighted by Crippen LogP contribution is -2.13. The number of rotatable bonds is 5. The standard InChI is InChI=1S/C15H15FN2O3/c1-21-11-4-2-9(14(19)7-11)8-18-10-3-5-13(16)12(6-10)15(17)20/h2-7,18-19H,8H2,1H3,(H2,17,20). The number of hydrogen-bond acceptors (Lipinski definition) is 4. The fourth-order valence-electron chi connectivity index (χ4n) is 1.84. The SMILES string of the molecule is COc1ccc(CNc2ccc(F)c(C(N)=O)c2)c(O)c1. The normalized spacial score (nSPS) is 10.2. The number of primary amides is 1. The van der Waals surface area contributed by atoms with Gasteiger partial charge in [0.05, 0.1) is 12.7 Å². The topological polar surface area (TPSA) is 84.6 Å². The fourth-order valence-corrected chi connectivity index (χ4v) is 1.84. The summed E-state index contributed by atoms with van der Waals surface area (Å²) in [7, 11) is 1.51. The van der Waals surface area contributed by atoms with Crippen LogP contribution in [0.1, 0.15) is 15.9 Å². The third kappa shape index (κ3) is 3.42. The van der Waals surface area contributed by atoms with Crippen molar-refractivity contribution in [2.75, 3.05) is 12.4 Å². The molecule has 0 radical (unpaired) electrons. The molecule has 6 heteroatoms. The van der Waals surface area contributed by atoms with Gasteiger partial charge in [0.1, 0.15) is 17.3 Å². The van der Waals surface area contributed by atoms with Crippen LogP contribution in [0.3, 0.4) is 0 Å². The van der Waals surface area contributed by atoms with E-state index in [2.05, 4.69) is 5.32 Å². The first-order chi connectivity index (χ1) is 10.0. The van der Waals surface area contributed by atoms with Crippen LogP contribution >= 0.6 is 0 Å². The molecule has 0 bridgehead atoms. The summed E-state index contributed by atoms with van der Waals surface area (Å²) < 4.78 is 18.3. The number of methoxy groups -OCH3 is 1. The first kappa shape index (κ1) is 14.6. The number of phenols is 1. The Morgan fingerprint density at radius 1 is 1.33 bits per heavy atom. The van der Waals surface area contributed by atoms with E-state index in [4.69, 9.17) is 10.5 Å². The van der Waals surface area contributed by atoms with Crippen molar-refractivity contribution in [1.29, 1.82) is 0 Å². The van der Waals surface area contributed by atoms with E-state index >= 15 is 0 Å². The summed E-state index contributed by atoms with van der Waals surface area (Å²) in [6, 6.07) is 8.91. The molecule has 0 unspecified atom stereocenters. The van der Waals surface area contributed by atoms with Gasteiger partial charge in [-0.1, -0.05) is 0 Å². The predicted octanol–water partition coefficient (Wildman–Crippen LogP) is 2.25. The van der Waals surface area contributed by atoms with Crippen LogP contribution in [-0.4, -0.2) is 18.1 Å². The number of nitrogens with two attached hydrogens (primary N) is 1. The smallest absolute Gasteiger partial charge is 0.251 e. The molecule has 5 nitrogen and oxygen atoms in total. The highest BCUT2D eigenvalue weighted by Crippen LogP contribution is 2.24. The number of amides is 1. The van der Waals surface area contributed by atoms with Gasteiger partial charge >= 0.3 is 0 Å². The van der Waals surface area contributed by atoms with Gasteiger partial charge < -0.3 is 20.9 Å². The molecule has 4 N–H and O–H groups in total. The Kier molecular flexibility index (Phi) is 4.27. The second-order valence-corrected chi connectivity index (χ2v) is 4.41. The number of anilines is 1. The van der Waals surface area contributed by atoms with Crippen LogP contribution in [0, 0.1) is 5.82 Å². The molecule has 0 heterocycles. The Bertz CT molecular complexity index is 674. The molecule has 110 valence electrons. The number of benzene rings is 2. The molecule has 1 amide bonds. The first-order valence-electron chi connectivity index (χ1n) is 6.20. The van der Waals surface area contributed by atoms with E-state index in [1.807, 2.05) is 0 Å². The van der Waals surface area contributed by atoms with Gasteiger partial charge in [0.25, 0.3) is 5.91 Å². The van der Waals surface area contributed by atoms with Gasteiger partial charge in [0, 0.05) is 23.9 Å². The lowest BCUT2D eigenvalue weighted by Gasteiger charge is -2.10. The average molecular weight is 290 g/mol. The van der Waals surface area contributed by atoms with Crippen molar-refractivity contribution in [3.63, 3.8) is 0 Å². The summed E-state index contributed by atoms with van der Waals surface area (Å²) in [5.74, 6) is -0.864. The summed E-state index contributed by atoms with van der Waals surface area (Å²) in [5, 5.41) is 12.8. The van der Waals surface area contributed by atoms with Crippen LogP contribution in [0.4, 0.5) is 10.1 Å². The third-order valence-electron chi connectivity index (χ3n) is 3.01. The molecular formula is C15H15FN2O3. The van der Waals surface area contributed by atoms with Crippen molar-refractivity contribution in [3.8, 4) is 11.5 Å². The Hall–Kier alpha value is -2.76. The predicted molar refractivity (Wildman–Crippen MR) is 76.9 cm³/mol. The van der Waals surface area contributed by atoms with E-state index in [-0.39, 0.29) is 11.3 Å². The Balaban J connectivity index is 2.13. The number of hydrogen-bond donors (Lipinski definition) is 3. The molecule has 0 saturated heterocycles. The molecule has 0 atom stereocenters. The summed E-state index contributed by atoms with van der Waals surface area (Å²) in [6.07, 6.45) is 0. The highest BCUT2D eigenvalue weighted by molar-refractivity contribution is 5.94. The molecule has 2 aromatic rings. The number of carbonyl (C=O) groups is 1. The molecule has 0 spiro atoms. The summed E-state index contributed by atoms with van der Waals surface area (Å²) in [6.45, 7) is 0.305. The summed E-state index contributed by atoms with van der Waals surface area (Å²) in [5.41, 5.74) is 6.07. The zero-order chi connectivity index (χ0) is 15.4. The van der Waals surface area contributed by atoms with E-state index in [1.54, 1.807) is 12.1 Å². The molecule has 0 aliphatic rings.